The van der Waals surface area contributed by atoms with E-state index in [1.165, 1.54) is 11.1 Å². The highest BCUT2D eigenvalue weighted by Crippen LogP contribution is 2.30. The lowest BCUT2D eigenvalue weighted by molar-refractivity contribution is -0.344. The van der Waals surface area contributed by atoms with Crippen molar-refractivity contribution in [2.24, 2.45) is 0 Å². The number of anilines is 2. The van der Waals surface area contributed by atoms with E-state index < -0.39 is 0 Å². The highest BCUT2D eigenvalue weighted by atomic mass is 35.5. The molecule has 1 aromatic heterocycles. The minimum Gasteiger partial charge on any atom is -0.506 e. The molecule has 1 aliphatic heterocycles. The summed E-state index contributed by atoms with van der Waals surface area (Å²) in [6.07, 6.45) is 1.96. The molecule has 1 fully saturated rings. The Morgan fingerprint density at radius 1 is 0.875 bits per heavy atom. The number of rotatable bonds is 2. The first-order chi connectivity index (χ1) is 11.7. The Kier molecular flexibility index (Phi) is 3.90. The fourth-order valence-corrected chi connectivity index (χ4v) is 3.53. The fraction of sp³-hybridized carbons (Fsp3) is 0.211. The number of aromatic amines is 1. The van der Waals surface area contributed by atoms with E-state index in [0.717, 1.165) is 42.4 Å². The van der Waals surface area contributed by atoms with Gasteiger partial charge in [-0.3, -0.25) is 0 Å². The molecule has 3 aromatic rings. The number of H-pyrrole nitrogens is 1. The highest BCUT2D eigenvalue weighted by molar-refractivity contribution is 6.31. The van der Waals surface area contributed by atoms with Crippen molar-refractivity contribution in [2.45, 2.75) is 0 Å². The summed E-state index contributed by atoms with van der Waals surface area (Å²) in [6.45, 7) is 3.59. The molecule has 0 spiro atoms. The van der Waals surface area contributed by atoms with Gasteiger partial charge in [-0.1, -0.05) is 23.7 Å². The lowest BCUT2D eigenvalue weighted by Gasteiger charge is -2.37. The molecule has 0 saturated carbocycles. The number of phenols is 1. The van der Waals surface area contributed by atoms with E-state index in [2.05, 4.69) is 26.9 Å². The number of nitrogens with one attached hydrogen (secondary N) is 1. The number of para-hydroxylation sites is 2. The largest absolute Gasteiger partial charge is 0.506 e. The third-order valence-corrected chi connectivity index (χ3v) is 4.82. The number of pyridine rings is 1. The van der Waals surface area contributed by atoms with Crippen molar-refractivity contribution in [3.05, 3.63) is 59.8 Å². The predicted molar refractivity (Wildman–Crippen MR) is 98.0 cm³/mol. The van der Waals surface area contributed by atoms with Gasteiger partial charge in [0.2, 0.25) is 5.52 Å². The molecule has 24 heavy (non-hydrogen) atoms. The summed E-state index contributed by atoms with van der Waals surface area (Å²) in [5.41, 5.74) is 3.18. The van der Waals surface area contributed by atoms with Gasteiger partial charge in [0.15, 0.2) is 6.20 Å². The molecule has 0 radical (unpaired) electrons. The van der Waals surface area contributed by atoms with Crippen molar-refractivity contribution in [2.75, 3.05) is 36.0 Å². The van der Waals surface area contributed by atoms with Gasteiger partial charge in [-0.2, -0.15) is 0 Å². The van der Waals surface area contributed by atoms with Crippen LogP contribution < -0.4 is 14.8 Å². The van der Waals surface area contributed by atoms with Crippen LogP contribution >= 0.6 is 11.6 Å². The number of halogens is 1. The second-order valence-corrected chi connectivity index (χ2v) is 6.45. The standard InChI is InChI=1S/C19H18ClN3O/c20-14-5-6-15-16(13-14)21-8-7-17(15)22-9-11-23(12-10-22)18-3-1-2-4-19(18)24/h1-8,13,24H,9-12H2/p+1. The zero-order chi connectivity index (χ0) is 16.5. The SMILES string of the molecule is Oc1ccccc1N1CCN(c2cc[nH+]c3cc(Cl)ccc23)CC1. The summed E-state index contributed by atoms with van der Waals surface area (Å²) < 4.78 is 0. The first-order valence-corrected chi connectivity index (χ1v) is 8.48. The second kappa shape index (κ2) is 6.21. The Hall–Kier alpha value is -2.46. The van der Waals surface area contributed by atoms with Crippen LogP contribution in [0.1, 0.15) is 0 Å². The molecule has 122 valence electrons. The number of hydrogen-bond donors (Lipinski definition) is 1. The molecular weight excluding hydrogens is 322 g/mol. The zero-order valence-corrected chi connectivity index (χ0v) is 14.0. The molecule has 2 heterocycles. The van der Waals surface area contributed by atoms with Crippen molar-refractivity contribution in [3.63, 3.8) is 0 Å². The van der Waals surface area contributed by atoms with Crippen molar-refractivity contribution in [1.82, 2.24) is 0 Å². The second-order valence-electron chi connectivity index (χ2n) is 6.02. The highest BCUT2D eigenvalue weighted by Gasteiger charge is 2.21. The van der Waals surface area contributed by atoms with Gasteiger partial charge in [-0.05, 0) is 24.3 Å². The molecule has 0 unspecified atom stereocenters. The van der Waals surface area contributed by atoms with Gasteiger partial charge in [0.1, 0.15) is 5.75 Å². The number of benzene rings is 2. The van der Waals surface area contributed by atoms with Crippen LogP contribution in [0.4, 0.5) is 11.4 Å². The molecule has 2 N–H and O–H groups in total. The van der Waals surface area contributed by atoms with Crippen molar-refractivity contribution in [1.29, 1.82) is 0 Å². The summed E-state index contributed by atoms with van der Waals surface area (Å²) in [4.78, 5) is 7.88. The number of aromatic hydroxyl groups is 1. The first-order valence-electron chi connectivity index (χ1n) is 8.10. The minimum absolute atomic E-state index is 0.348. The molecule has 0 aliphatic carbocycles. The topological polar surface area (TPSA) is 40.9 Å². The summed E-state index contributed by atoms with van der Waals surface area (Å²) in [5, 5.41) is 12.0. The lowest BCUT2D eigenvalue weighted by Crippen LogP contribution is -2.46. The fourth-order valence-electron chi connectivity index (χ4n) is 3.35. The summed E-state index contributed by atoms with van der Waals surface area (Å²) >= 11 is 6.09. The van der Waals surface area contributed by atoms with Crippen molar-refractivity contribution in [3.8, 4) is 5.75 Å². The van der Waals surface area contributed by atoms with Crippen LogP contribution in [0.3, 0.4) is 0 Å². The monoisotopic (exact) mass is 340 g/mol. The Balaban J connectivity index is 1.57. The van der Waals surface area contributed by atoms with Crippen LogP contribution in [0.25, 0.3) is 10.9 Å². The molecule has 0 atom stereocenters. The minimum atomic E-state index is 0.348. The van der Waals surface area contributed by atoms with E-state index >= 15 is 0 Å². The number of aromatic nitrogens is 1. The van der Waals surface area contributed by atoms with Gasteiger partial charge < -0.3 is 14.9 Å². The molecule has 5 heteroatoms. The predicted octanol–water partition coefficient (Wildman–Crippen LogP) is 3.34. The van der Waals surface area contributed by atoms with E-state index in [1.807, 2.05) is 36.5 Å². The molecule has 4 nitrogen and oxygen atoms in total. The zero-order valence-electron chi connectivity index (χ0n) is 13.2. The summed E-state index contributed by atoms with van der Waals surface area (Å²) in [6, 6.07) is 15.6. The van der Waals surface area contributed by atoms with Crippen LogP contribution in [0.15, 0.2) is 54.7 Å². The molecule has 1 aliphatic rings. The Morgan fingerprint density at radius 3 is 2.33 bits per heavy atom. The molecular formula is C19H19ClN3O+. The lowest BCUT2D eigenvalue weighted by atomic mass is 10.1. The maximum Gasteiger partial charge on any atom is 0.214 e. The molecule has 4 rings (SSSR count). The van der Waals surface area contributed by atoms with Crippen LogP contribution in [0.2, 0.25) is 5.02 Å². The average Bonchev–Trinajstić information content (AvgIpc) is 2.61. The smallest absolute Gasteiger partial charge is 0.214 e. The summed E-state index contributed by atoms with van der Waals surface area (Å²) in [5.74, 6) is 0.348. The summed E-state index contributed by atoms with van der Waals surface area (Å²) in [7, 11) is 0. The molecule has 2 aromatic carbocycles. The Labute approximate surface area is 145 Å². The first kappa shape index (κ1) is 15.1. The Morgan fingerprint density at radius 2 is 1.58 bits per heavy atom. The number of phenolic OH excluding ortho intramolecular Hbond substituents is 1. The van der Waals surface area contributed by atoms with Gasteiger partial charge in [-0.15, -0.1) is 0 Å². The maximum atomic E-state index is 10.0. The Bertz CT molecular complexity index is 875. The van der Waals surface area contributed by atoms with Crippen LogP contribution in [-0.4, -0.2) is 31.3 Å². The van der Waals surface area contributed by atoms with Gasteiger partial charge in [0.25, 0.3) is 0 Å². The van der Waals surface area contributed by atoms with E-state index in [9.17, 15) is 5.11 Å². The van der Waals surface area contributed by atoms with Crippen LogP contribution in [0, 0.1) is 0 Å². The van der Waals surface area contributed by atoms with Crippen LogP contribution in [0.5, 0.6) is 5.75 Å². The van der Waals surface area contributed by atoms with Crippen molar-refractivity contribution >= 4 is 33.9 Å². The van der Waals surface area contributed by atoms with E-state index in [1.54, 1.807) is 6.07 Å². The molecule has 0 amide bonds. The van der Waals surface area contributed by atoms with E-state index in [0.29, 0.717) is 5.75 Å². The third-order valence-electron chi connectivity index (χ3n) is 4.58. The van der Waals surface area contributed by atoms with E-state index in [-0.39, 0.29) is 0 Å². The number of hydrogen-bond acceptors (Lipinski definition) is 3. The van der Waals surface area contributed by atoms with Gasteiger partial charge >= 0.3 is 0 Å². The third kappa shape index (κ3) is 2.74. The maximum absolute atomic E-state index is 10.0. The van der Waals surface area contributed by atoms with Crippen molar-refractivity contribution < 1.29 is 10.1 Å². The average molecular weight is 341 g/mol. The van der Waals surface area contributed by atoms with Crippen LogP contribution in [-0.2, 0) is 0 Å². The number of nitrogens with zero attached hydrogens (tertiary/aromatic N) is 2. The van der Waals surface area contributed by atoms with Gasteiger partial charge in [0.05, 0.1) is 16.8 Å². The van der Waals surface area contributed by atoms with E-state index in [4.69, 9.17) is 11.6 Å². The van der Waals surface area contributed by atoms with Gasteiger partial charge in [-0.25, -0.2) is 4.98 Å². The number of fused-ring (bicyclic) bond motifs is 1. The number of piperazine rings is 1. The quantitative estimate of drug-likeness (QED) is 0.778. The normalized spacial score (nSPS) is 15.0. The van der Waals surface area contributed by atoms with Gasteiger partial charge in [0, 0.05) is 43.3 Å². The molecule has 0 bridgehead atoms. The molecule has 1 saturated heterocycles.